The van der Waals surface area contributed by atoms with E-state index in [0.717, 1.165) is 54.4 Å². The first-order valence-electron chi connectivity index (χ1n) is 8.88. The minimum absolute atomic E-state index is 0.451. The van der Waals surface area contributed by atoms with Gasteiger partial charge in [0.2, 0.25) is 0 Å². The van der Waals surface area contributed by atoms with Gasteiger partial charge in [0.15, 0.2) is 0 Å². The van der Waals surface area contributed by atoms with E-state index in [9.17, 15) is 0 Å². The Morgan fingerprint density at radius 2 is 1.89 bits per heavy atom. The van der Waals surface area contributed by atoms with Crippen molar-refractivity contribution in [2.24, 2.45) is 0 Å². The first-order chi connectivity index (χ1) is 13.1. The van der Waals surface area contributed by atoms with E-state index in [1.54, 1.807) is 24.6 Å². The normalized spacial score (nSPS) is 11.4. The van der Waals surface area contributed by atoms with E-state index in [4.69, 9.17) is 19.4 Å². The summed E-state index contributed by atoms with van der Waals surface area (Å²) in [5.41, 5.74) is 6.82. The Hall–Kier alpha value is -2.57. The third kappa shape index (κ3) is 3.38. The molecule has 0 aliphatic rings. The van der Waals surface area contributed by atoms with Crippen LogP contribution in [0.5, 0.6) is 5.75 Å². The van der Waals surface area contributed by atoms with Crippen molar-refractivity contribution in [2.75, 3.05) is 13.7 Å². The molecule has 0 aliphatic heterocycles. The Morgan fingerprint density at radius 1 is 1.04 bits per heavy atom. The highest BCUT2D eigenvalue weighted by atomic mass is 32.1. The van der Waals surface area contributed by atoms with Gasteiger partial charge in [-0.3, -0.25) is 4.98 Å². The van der Waals surface area contributed by atoms with Crippen LogP contribution in [0.4, 0.5) is 0 Å². The number of hydrogen-bond acceptors (Lipinski definition) is 6. The molecule has 0 unspecified atom stereocenters. The van der Waals surface area contributed by atoms with E-state index >= 15 is 0 Å². The average molecular weight is 379 g/mol. The zero-order valence-corrected chi connectivity index (χ0v) is 16.7. The molecular formula is C21H21N3O2S. The molecule has 138 valence electrons. The lowest BCUT2D eigenvalue weighted by Crippen LogP contribution is -1.96. The summed E-state index contributed by atoms with van der Waals surface area (Å²) in [6.07, 6.45) is 1.77. The van der Waals surface area contributed by atoms with Gasteiger partial charge in [-0.15, -0.1) is 11.3 Å². The number of hydrogen-bond donors (Lipinski definition) is 0. The summed E-state index contributed by atoms with van der Waals surface area (Å²) in [4.78, 5) is 14.3. The molecule has 0 radical (unpaired) electrons. The molecule has 0 bridgehead atoms. The van der Waals surface area contributed by atoms with E-state index in [2.05, 4.69) is 37.0 Å². The van der Waals surface area contributed by atoms with E-state index in [1.165, 1.54) is 0 Å². The smallest absolute Gasteiger partial charge is 0.126 e. The van der Waals surface area contributed by atoms with E-state index in [1.807, 2.05) is 13.0 Å². The third-order valence-electron chi connectivity index (χ3n) is 4.33. The second-order valence-corrected chi connectivity index (χ2v) is 7.54. The van der Waals surface area contributed by atoms with Crippen molar-refractivity contribution in [1.82, 2.24) is 15.0 Å². The highest BCUT2D eigenvalue weighted by molar-refractivity contribution is 7.21. The molecule has 4 aromatic rings. The van der Waals surface area contributed by atoms with Crippen molar-refractivity contribution in [2.45, 2.75) is 27.4 Å². The van der Waals surface area contributed by atoms with Gasteiger partial charge < -0.3 is 9.47 Å². The summed E-state index contributed by atoms with van der Waals surface area (Å²) in [6, 6.07) is 8.29. The minimum Gasteiger partial charge on any atom is -0.494 e. The first kappa shape index (κ1) is 17.8. The highest BCUT2D eigenvalue weighted by Crippen LogP contribution is 2.37. The maximum Gasteiger partial charge on any atom is 0.126 e. The number of fused-ring (bicyclic) bond motifs is 2. The van der Waals surface area contributed by atoms with Gasteiger partial charge in [0, 0.05) is 12.7 Å². The van der Waals surface area contributed by atoms with Crippen molar-refractivity contribution in [3.05, 3.63) is 47.3 Å². The summed E-state index contributed by atoms with van der Waals surface area (Å²) < 4.78 is 12.0. The first-order valence-corrected chi connectivity index (χ1v) is 9.70. The molecule has 0 N–H and O–H groups in total. The highest BCUT2D eigenvalue weighted by Gasteiger charge is 2.15. The monoisotopic (exact) mass is 379 g/mol. The average Bonchev–Trinajstić information content (AvgIpc) is 3.06. The molecule has 0 amide bonds. The summed E-state index contributed by atoms with van der Waals surface area (Å²) in [6.45, 7) is 7.23. The van der Waals surface area contributed by atoms with Gasteiger partial charge in [0.05, 0.1) is 46.4 Å². The van der Waals surface area contributed by atoms with Gasteiger partial charge in [-0.2, -0.15) is 0 Å². The molecule has 6 heteroatoms. The standard InChI is InChI=1S/C21H21N3O2S/c1-5-26-15-8-13(3)19-18(9-15)27-21(24-19)16-6-12(2)7-17-20(16)22-10-14(23-17)11-25-4/h6-10H,5,11H2,1-4H3. The Morgan fingerprint density at radius 3 is 2.67 bits per heavy atom. The fraction of sp³-hybridized carbons (Fsp3) is 0.286. The lowest BCUT2D eigenvalue weighted by atomic mass is 10.1. The number of nitrogens with zero attached hydrogens (tertiary/aromatic N) is 3. The molecule has 2 aromatic carbocycles. The fourth-order valence-corrected chi connectivity index (χ4v) is 4.30. The Bertz CT molecular complexity index is 1140. The zero-order chi connectivity index (χ0) is 19.0. The number of rotatable bonds is 5. The Labute approximate surface area is 162 Å². The summed E-state index contributed by atoms with van der Waals surface area (Å²) >= 11 is 1.66. The van der Waals surface area contributed by atoms with Crippen molar-refractivity contribution in [3.63, 3.8) is 0 Å². The summed E-state index contributed by atoms with van der Waals surface area (Å²) in [7, 11) is 1.66. The third-order valence-corrected chi connectivity index (χ3v) is 5.37. The lowest BCUT2D eigenvalue weighted by molar-refractivity contribution is 0.181. The number of benzene rings is 2. The second kappa shape index (κ2) is 7.21. The molecular weight excluding hydrogens is 358 g/mol. The molecule has 27 heavy (non-hydrogen) atoms. The lowest BCUT2D eigenvalue weighted by Gasteiger charge is -2.06. The molecule has 4 rings (SSSR count). The van der Waals surface area contributed by atoms with Gasteiger partial charge >= 0.3 is 0 Å². The van der Waals surface area contributed by atoms with Crippen LogP contribution in [0.1, 0.15) is 23.7 Å². The number of methoxy groups -OCH3 is 1. The molecule has 0 saturated heterocycles. The van der Waals surface area contributed by atoms with Crippen LogP contribution < -0.4 is 4.74 Å². The number of aryl methyl sites for hydroxylation is 2. The van der Waals surface area contributed by atoms with Gasteiger partial charge in [-0.05, 0) is 56.2 Å². The van der Waals surface area contributed by atoms with Crippen molar-refractivity contribution < 1.29 is 9.47 Å². The zero-order valence-electron chi connectivity index (χ0n) is 15.9. The number of ether oxygens (including phenoxy) is 2. The molecule has 2 aromatic heterocycles. The second-order valence-electron chi connectivity index (χ2n) is 6.51. The fourth-order valence-electron chi connectivity index (χ4n) is 3.21. The number of aromatic nitrogens is 3. The summed E-state index contributed by atoms with van der Waals surface area (Å²) in [5.74, 6) is 0.885. The van der Waals surface area contributed by atoms with E-state index in [-0.39, 0.29) is 0 Å². The topological polar surface area (TPSA) is 57.1 Å². The van der Waals surface area contributed by atoms with Crippen LogP contribution in [0.3, 0.4) is 0 Å². The van der Waals surface area contributed by atoms with Gasteiger partial charge in [-0.25, -0.2) is 9.97 Å². The van der Waals surface area contributed by atoms with Crippen molar-refractivity contribution >= 4 is 32.6 Å². The molecule has 0 atom stereocenters. The predicted molar refractivity (Wildman–Crippen MR) is 110 cm³/mol. The van der Waals surface area contributed by atoms with Crippen LogP contribution in [0.25, 0.3) is 31.8 Å². The van der Waals surface area contributed by atoms with Crippen LogP contribution in [-0.4, -0.2) is 28.7 Å². The SMILES string of the molecule is CCOc1cc(C)c2nc(-c3cc(C)cc4nc(COC)cnc34)sc2c1. The van der Waals surface area contributed by atoms with E-state index in [0.29, 0.717) is 13.2 Å². The van der Waals surface area contributed by atoms with Crippen LogP contribution in [0.15, 0.2) is 30.5 Å². The van der Waals surface area contributed by atoms with Crippen LogP contribution in [0, 0.1) is 13.8 Å². The Balaban J connectivity index is 1.89. The predicted octanol–water partition coefficient (Wildman–Crippen LogP) is 5.07. The Kier molecular flexibility index (Phi) is 4.76. The van der Waals surface area contributed by atoms with Gasteiger partial charge in [-0.1, -0.05) is 0 Å². The molecule has 2 heterocycles. The molecule has 0 spiro atoms. The van der Waals surface area contributed by atoms with Gasteiger partial charge in [0.1, 0.15) is 10.8 Å². The molecule has 0 saturated carbocycles. The molecule has 5 nitrogen and oxygen atoms in total. The van der Waals surface area contributed by atoms with E-state index < -0.39 is 0 Å². The minimum atomic E-state index is 0.451. The van der Waals surface area contributed by atoms with Crippen molar-refractivity contribution in [3.8, 4) is 16.3 Å². The van der Waals surface area contributed by atoms with Gasteiger partial charge in [0.25, 0.3) is 0 Å². The molecule has 0 aliphatic carbocycles. The van der Waals surface area contributed by atoms with Crippen LogP contribution >= 0.6 is 11.3 Å². The number of thiazole rings is 1. The van der Waals surface area contributed by atoms with Crippen LogP contribution in [-0.2, 0) is 11.3 Å². The maximum absolute atomic E-state index is 5.68. The largest absolute Gasteiger partial charge is 0.494 e. The van der Waals surface area contributed by atoms with Crippen LogP contribution in [0.2, 0.25) is 0 Å². The maximum atomic E-state index is 5.68. The van der Waals surface area contributed by atoms with Crippen molar-refractivity contribution in [1.29, 1.82) is 0 Å². The summed E-state index contributed by atoms with van der Waals surface area (Å²) in [5, 5.41) is 0.948. The molecule has 0 fully saturated rings. The quantitative estimate of drug-likeness (QED) is 0.485.